The highest BCUT2D eigenvalue weighted by molar-refractivity contribution is 5.59. The maximum absolute atomic E-state index is 10.9. The van der Waals surface area contributed by atoms with Crippen LogP contribution in [0.3, 0.4) is 0 Å². The standard InChI is InChI=1S/C10H20O5/c1-7(2)10(5,6)14-15-13-9(11)12-8(3)4/h7-8H,1-6H3. The van der Waals surface area contributed by atoms with Crippen molar-refractivity contribution in [2.24, 2.45) is 5.92 Å². The first-order valence-electron chi connectivity index (χ1n) is 4.98. The van der Waals surface area contributed by atoms with Crippen LogP contribution in [-0.2, 0) is 19.6 Å². The minimum absolute atomic E-state index is 0.224. The van der Waals surface area contributed by atoms with Crippen molar-refractivity contribution in [1.82, 2.24) is 0 Å². The molecule has 0 heterocycles. The predicted molar refractivity (Wildman–Crippen MR) is 53.8 cm³/mol. The lowest BCUT2D eigenvalue weighted by Gasteiger charge is -2.25. The Morgan fingerprint density at radius 3 is 2.07 bits per heavy atom. The van der Waals surface area contributed by atoms with Crippen LogP contribution in [0, 0.1) is 5.92 Å². The second kappa shape index (κ2) is 5.92. The Labute approximate surface area is 90.5 Å². The summed E-state index contributed by atoms with van der Waals surface area (Å²) in [4.78, 5) is 20.0. The van der Waals surface area contributed by atoms with Crippen molar-refractivity contribution in [3.05, 3.63) is 0 Å². The van der Waals surface area contributed by atoms with Crippen LogP contribution in [0.1, 0.15) is 41.5 Å². The first-order valence-corrected chi connectivity index (χ1v) is 4.98. The first-order chi connectivity index (χ1) is 6.75. The molecule has 0 unspecified atom stereocenters. The van der Waals surface area contributed by atoms with E-state index in [1.165, 1.54) is 0 Å². The minimum atomic E-state index is -0.912. The highest BCUT2D eigenvalue weighted by atomic mass is 17.5. The van der Waals surface area contributed by atoms with Gasteiger partial charge in [-0.2, -0.15) is 4.89 Å². The summed E-state index contributed by atoms with van der Waals surface area (Å²) < 4.78 is 4.66. The van der Waals surface area contributed by atoms with Gasteiger partial charge in [-0.05, 0) is 38.7 Å². The fraction of sp³-hybridized carbons (Fsp3) is 0.900. The molecule has 15 heavy (non-hydrogen) atoms. The smallest absolute Gasteiger partial charge is 0.430 e. The Hall–Kier alpha value is -0.810. The van der Waals surface area contributed by atoms with Crippen molar-refractivity contribution in [1.29, 1.82) is 0 Å². The van der Waals surface area contributed by atoms with Gasteiger partial charge in [0.05, 0.1) is 6.10 Å². The zero-order chi connectivity index (χ0) is 12.1. The molecule has 0 aliphatic heterocycles. The summed E-state index contributed by atoms with van der Waals surface area (Å²) in [6.07, 6.45) is -1.16. The van der Waals surface area contributed by atoms with E-state index >= 15 is 0 Å². The molecule has 0 bridgehead atoms. The van der Waals surface area contributed by atoms with E-state index in [4.69, 9.17) is 4.89 Å². The lowest BCUT2D eigenvalue weighted by molar-refractivity contribution is -0.521. The average Bonchev–Trinajstić information content (AvgIpc) is 2.01. The molecule has 5 nitrogen and oxygen atoms in total. The maximum Gasteiger partial charge on any atom is 0.542 e. The molecule has 5 heteroatoms. The van der Waals surface area contributed by atoms with Gasteiger partial charge in [-0.3, -0.25) is 0 Å². The maximum atomic E-state index is 10.9. The number of hydrogen-bond donors (Lipinski definition) is 0. The molecule has 0 N–H and O–H groups in total. The quantitative estimate of drug-likeness (QED) is 0.405. The Kier molecular flexibility index (Phi) is 5.60. The van der Waals surface area contributed by atoms with Gasteiger partial charge in [0, 0.05) is 0 Å². The molecule has 0 aliphatic rings. The van der Waals surface area contributed by atoms with E-state index in [1.807, 2.05) is 27.7 Å². The minimum Gasteiger partial charge on any atom is -0.430 e. The SMILES string of the molecule is CC(C)OC(=O)OOOC(C)(C)C(C)C. The van der Waals surface area contributed by atoms with Gasteiger partial charge in [0.25, 0.3) is 0 Å². The van der Waals surface area contributed by atoms with Crippen LogP contribution in [0.4, 0.5) is 4.79 Å². The summed E-state index contributed by atoms with van der Waals surface area (Å²) in [7, 11) is 0. The van der Waals surface area contributed by atoms with Crippen molar-refractivity contribution in [2.45, 2.75) is 53.2 Å². The Bertz CT molecular complexity index is 198. The number of carbonyl (C=O) groups is 1. The van der Waals surface area contributed by atoms with Crippen LogP contribution < -0.4 is 0 Å². The lowest BCUT2D eigenvalue weighted by Crippen LogP contribution is -2.31. The summed E-state index contributed by atoms with van der Waals surface area (Å²) in [5, 5.41) is 4.35. The largest absolute Gasteiger partial charge is 0.542 e. The number of rotatable bonds is 5. The van der Waals surface area contributed by atoms with Crippen LogP contribution in [0.2, 0.25) is 0 Å². The molecule has 90 valence electrons. The van der Waals surface area contributed by atoms with Crippen LogP contribution in [0.15, 0.2) is 0 Å². The Morgan fingerprint density at radius 2 is 1.67 bits per heavy atom. The van der Waals surface area contributed by atoms with E-state index in [9.17, 15) is 4.79 Å². The number of ether oxygens (including phenoxy) is 1. The zero-order valence-electron chi connectivity index (χ0n) is 10.2. The first kappa shape index (κ1) is 14.2. The van der Waals surface area contributed by atoms with Gasteiger partial charge in [0.2, 0.25) is 0 Å². The lowest BCUT2D eigenvalue weighted by atomic mass is 9.95. The van der Waals surface area contributed by atoms with Crippen LogP contribution in [0.5, 0.6) is 0 Å². The van der Waals surface area contributed by atoms with Gasteiger partial charge >= 0.3 is 6.16 Å². The summed E-state index contributed by atoms with van der Waals surface area (Å²) in [6.45, 7) is 11.0. The van der Waals surface area contributed by atoms with Gasteiger partial charge in [-0.15, -0.1) is 0 Å². The number of hydrogen-bond acceptors (Lipinski definition) is 5. The van der Waals surface area contributed by atoms with Crippen LogP contribution in [0.25, 0.3) is 0 Å². The van der Waals surface area contributed by atoms with Gasteiger partial charge in [0.1, 0.15) is 5.60 Å². The molecule has 0 saturated carbocycles. The second-order valence-electron chi connectivity index (χ2n) is 4.41. The highest BCUT2D eigenvalue weighted by Crippen LogP contribution is 2.20. The van der Waals surface area contributed by atoms with Crippen molar-refractivity contribution in [3.8, 4) is 0 Å². The van der Waals surface area contributed by atoms with Crippen molar-refractivity contribution in [2.75, 3.05) is 0 Å². The molecule has 0 aromatic carbocycles. The second-order valence-corrected chi connectivity index (χ2v) is 4.41. The molecule has 0 amide bonds. The van der Waals surface area contributed by atoms with Gasteiger partial charge in [0.15, 0.2) is 0 Å². The Morgan fingerprint density at radius 1 is 1.13 bits per heavy atom. The van der Waals surface area contributed by atoms with E-state index in [1.54, 1.807) is 13.8 Å². The van der Waals surface area contributed by atoms with E-state index in [2.05, 4.69) is 14.7 Å². The molecule has 0 spiro atoms. The summed E-state index contributed by atoms with van der Waals surface area (Å²) in [5.41, 5.74) is -0.530. The summed E-state index contributed by atoms with van der Waals surface area (Å²) in [5.74, 6) is 0.224. The van der Waals surface area contributed by atoms with Gasteiger partial charge in [-0.1, -0.05) is 13.8 Å². The van der Waals surface area contributed by atoms with Crippen LogP contribution >= 0.6 is 0 Å². The molecular formula is C10H20O5. The van der Waals surface area contributed by atoms with E-state index in [-0.39, 0.29) is 12.0 Å². The number of carbonyl (C=O) groups excluding carboxylic acids is 1. The fourth-order valence-electron chi connectivity index (χ4n) is 0.441. The predicted octanol–water partition coefficient (Wildman–Crippen LogP) is 2.85. The molecule has 0 rings (SSSR count). The zero-order valence-corrected chi connectivity index (χ0v) is 10.2. The molecule has 0 aliphatic carbocycles. The van der Waals surface area contributed by atoms with Crippen molar-refractivity contribution in [3.63, 3.8) is 0 Å². The highest BCUT2D eigenvalue weighted by Gasteiger charge is 2.26. The fourth-order valence-corrected chi connectivity index (χ4v) is 0.441. The topological polar surface area (TPSA) is 54.0 Å². The molecule has 0 aromatic heterocycles. The molecule has 0 radical (unpaired) electrons. The van der Waals surface area contributed by atoms with Gasteiger partial charge < -0.3 is 4.74 Å². The van der Waals surface area contributed by atoms with E-state index in [0.717, 1.165) is 0 Å². The summed E-state index contributed by atoms with van der Waals surface area (Å²) in [6, 6.07) is 0. The third-order valence-corrected chi connectivity index (χ3v) is 2.07. The normalized spacial score (nSPS) is 12.0. The average molecular weight is 220 g/mol. The van der Waals surface area contributed by atoms with Crippen LogP contribution in [-0.4, -0.2) is 17.9 Å². The molecule has 0 saturated heterocycles. The molecule has 0 fully saturated rings. The molecule has 0 atom stereocenters. The Balaban J connectivity index is 3.75. The van der Waals surface area contributed by atoms with Crippen molar-refractivity contribution < 1.29 is 24.3 Å². The monoisotopic (exact) mass is 220 g/mol. The third-order valence-electron chi connectivity index (χ3n) is 2.07. The third kappa shape index (κ3) is 6.30. The van der Waals surface area contributed by atoms with Crippen molar-refractivity contribution >= 4 is 6.16 Å². The van der Waals surface area contributed by atoms with E-state index in [0.29, 0.717) is 0 Å². The molecular weight excluding hydrogens is 200 g/mol. The van der Waals surface area contributed by atoms with E-state index < -0.39 is 11.8 Å². The summed E-state index contributed by atoms with van der Waals surface area (Å²) >= 11 is 0. The molecule has 0 aromatic rings. The van der Waals surface area contributed by atoms with Gasteiger partial charge in [-0.25, -0.2) is 9.68 Å².